The zero-order valence-electron chi connectivity index (χ0n) is 31.8. The van der Waals surface area contributed by atoms with Crippen molar-refractivity contribution in [3.05, 3.63) is 215 Å². The number of hydrogen-bond acceptors (Lipinski definition) is 5. The Bertz CT molecular complexity index is 2620. The lowest BCUT2D eigenvalue weighted by molar-refractivity contribution is -0.120. The van der Waals surface area contributed by atoms with Gasteiger partial charge in [-0.2, -0.15) is 0 Å². The fraction of sp³-hybridized carbons (Fsp3) is 0.104. The van der Waals surface area contributed by atoms with E-state index in [-0.39, 0.29) is 23.7 Å². The number of aryl methyl sites for hydroxylation is 1. The normalized spacial score (nSPS) is 15.0. The van der Waals surface area contributed by atoms with E-state index in [9.17, 15) is 14.4 Å². The molecule has 0 radical (unpaired) electrons. The third-order valence-electron chi connectivity index (χ3n) is 10.8. The lowest BCUT2D eigenvalue weighted by Gasteiger charge is -2.37. The maximum absolute atomic E-state index is 15.6. The molecule has 1 aromatic heterocycles. The second-order valence-electron chi connectivity index (χ2n) is 14.4. The minimum Gasteiger partial charge on any atom is -0.326 e. The lowest BCUT2D eigenvalue weighted by Crippen LogP contribution is -2.48. The van der Waals surface area contributed by atoms with Crippen molar-refractivity contribution in [1.82, 2.24) is 14.9 Å². The Kier molecular flexibility index (Phi) is 9.83. The van der Waals surface area contributed by atoms with Gasteiger partial charge in [-0.3, -0.25) is 9.59 Å². The van der Waals surface area contributed by atoms with Crippen LogP contribution in [0.1, 0.15) is 45.5 Å². The quantitative estimate of drug-likeness (QED) is 0.128. The molecule has 3 heterocycles. The van der Waals surface area contributed by atoms with Crippen LogP contribution in [-0.4, -0.2) is 39.3 Å². The number of aliphatic imine (C=N–C) groups is 1. The summed E-state index contributed by atoms with van der Waals surface area (Å²) in [5, 5.41) is 8.42. The number of hydrogen-bond donors (Lipinski definition) is 3. The zero-order chi connectivity index (χ0) is 40.3. The molecule has 10 nitrogen and oxygen atoms in total. The minimum atomic E-state index is -1.45. The summed E-state index contributed by atoms with van der Waals surface area (Å²) in [6.45, 7) is 0.00765. The highest BCUT2D eigenvalue weighted by Gasteiger charge is 2.39. The molecule has 6 aromatic carbocycles. The van der Waals surface area contributed by atoms with Crippen LogP contribution in [0.15, 0.2) is 175 Å². The molecule has 59 heavy (non-hydrogen) atoms. The zero-order valence-corrected chi connectivity index (χ0v) is 31.8. The smallest absolute Gasteiger partial charge is 0.321 e. The Morgan fingerprint density at radius 1 is 0.746 bits per heavy atom. The van der Waals surface area contributed by atoms with Crippen molar-refractivity contribution in [1.29, 1.82) is 0 Å². The molecule has 1 atom stereocenters. The monoisotopic (exact) mass is 779 g/mol. The SMILES string of the molecule is O=C1CCc2cc(NC(=O)N[C@@H]3N=C(c4ccccc4F)c4ccccc4N(Cc4cn(C(c5ccccc5)(c5ccccc5)c5ccccc5)cn4)C3=O)ccc2N1. The third kappa shape index (κ3) is 7.03. The summed E-state index contributed by atoms with van der Waals surface area (Å²) in [6, 6.07) is 48.6. The van der Waals surface area contributed by atoms with Crippen LogP contribution in [0.5, 0.6) is 0 Å². The Morgan fingerprint density at radius 3 is 2.02 bits per heavy atom. The third-order valence-corrected chi connectivity index (χ3v) is 10.8. The molecule has 0 bridgehead atoms. The number of nitrogens with zero attached hydrogens (tertiary/aromatic N) is 4. The Labute approximate surface area is 340 Å². The summed E-state index contributed by atoms with van der Waals surface area (Å²) in [5.41, 5.74) is 6.21. The number of imidazole rings is 1. The number of rotatable bonds is 9. The molecule has 0 aliphatic carbocycles. The van der Waals surface area contributed by atoms with Gasteiger partial charge in [0.15, 0.2) is 0 Å². The molecule has 290 valence electrons. The van der Waals surface area contributed by atoms with E-state index in [2.05, 4.69) is 56.9 Å². The van der Waals surface area contributed by atoms with E-state index in [1.54, 1.807) is 71.9 Å². The van der Waals surface area contributed by atoms with Gasteiger partial charge in [0.1, 0.15) is 11.4 Å². The summed E-state index contributed by atoms with van der Waals surface area (Å²) in [7, 11) is 0. The molecule has 0 saturated carbocycles. The van der Waals surface area contributed by atoms with Crippen LogP contribution >= 0.6 is 0 Å². The number of anilines is 3. The molecule has 2 aliphatic heterocycles. The first-order valence-electron chi connectivity index (χ1n) is 19.3. The number of carbonyl (C=O) groups excluding carboxylic acids is 3. The van der Waals surface area contributed by atoms with Gasteiger partial charge >= 0.3 is 6.03 Å². The molecule has 0 unspecified atom stereocenters. The fourth-order valence-corrected chi connectivity index (χ4v) is 8.08. The largest absolute Gasteiger partial charge is 0.326 e. The number of nitrogens with one attached hydrogen (secondary N) is 3. The number of aromatic nitrogens is 2. The Balaban J connectivity index is 1.11. The Morgan fingerprint density at radius 2 is 1.36 bits per heavy atom. The van der Waals surface area contributed by atoms with Crippen molar-refractivity contribution in [2.24, 2.45) is 4.99 Å². The molecular weight excluding hydrogens is 742 g/mol. The van der Waals surface area contributed by atoms with Crippen LogP contribution in [0, 0.1) is 5.82 Å². The van der Waals surface area contributed by atoms with Crippen LogP contribution < -0.4 is 20.9 Å². The van der Waals surface area contributed by atoms with Gasteiger partial charge in [-0.1, -0.05) is 121 Å². The molecule has 7 aromatic rings. The number of benzene rings is 6. The first kappa shape index (κ1) is 36.9. The molecule has 9 rings (SSSR count). The number of para-hydroxylation sites is 1. The van der Waals surface area contributed by atoms with Crippen LogP contribution in [0.25, 0.3) is 0 Å². The van der Waals surface area contributed by atoms with Gasteiger partial charge in [-0.25, -0.2) is 19.2 Å². The van der Waals surface area contributed by atoms with Crippen molar-refractivity contribution >= 4 is 40.6 Å². The number of carbonyl (C=O) groups is 3. The summed E-state index contributed by atoms with van der Waals surface area (Å²) in [4.78, 5) is 51.7. The summed E-state index contributed by atoms with van der Waals surface area (Å²) >= 11 is 0. The van der Waals surface area contributed by atoms with E-state index < -0.39 is 29.5 Å². The lowest BCUT2D eigenvalue weighted by atomic mass is 9.77. The van der Waals surface area contributed by atoms with E-state index >= 15 is 4.39 Å². The highest BCUT2D eigenvalue weighted by atomic mass is 19.1. The average molecular weight is 780 g/mol. The predicted octanol–water partition coefficient (Wildman–Crippen LogP) is 8.28. The maximum Gasteiger partial charge on any atom is 0.321 e. The second-order valence-corrected chi connectivity index (χ2v) is 14.4. The van der Waals surface area contributed by atoms with Gasteiger partial charge < -0.3 is 25.4 Å². The number of benzodiazepines with no additional fused rings is 1. The fourth-order valence-electron chi connectivity index (χ4n) is 8.08. The number of urea groups is 1. The summed E-state index contributed by atoms with van der Waals surface area (Å²) in [6.07, 6.45) is 3.15. The van der Waals surface area contributed by atoms with Crippen molar-refractivity contribution in [3.8, 4) is 0 Å². The van der Waals surface area contributed by atoms with E-state index in [0.717, 1.165) is 22.3 Å². The molecule has 2 aliphatic rings. The second kappa shape index (κ2) is 15.7. The molecule has 11 heteroatoms. The predicted molar refractivity (Wildman–Crippen MR) is 226 cm³/mol. The molecule has 0 spiro atoms. The topological polar surface area (TPSA) is 121 Å². The summed E-state index contributed by atoms with van der Waals surface area (Å²) in [5.74, 6) is -1.13. The van der Waals surface area contributed by atoms with Crippen molar-refractivity contribution in [2.75, 3.05) is 15.5 Å². The molecular formula is C48H38FN7O3. The van der Waals surface area contributed by atoms with Gasteiger partial charge in [0, 0.05) is 35.1 Å². The van der Waals surface area contributed by atoms with Crippen LogP contribution in [0.4, 0.5) is 26.2 Å². The average Bonchev–Trinajstić information content (AvgIpc) is 3.71. The van der Waals surface area contributed by atoms with Crippen molar-refractivity contribution < 1.29 is 18.8 Å². The highest BCUT2D eigenvalue weighted by Crippen LogP contribution is 2.41. The van der Waals surface area contributed by atoms with Crippen LogP contribution in [0.3, 0.4) is 0 Å². The number of fused-ring (bicyclic) bond motifs is 2. The number of halogens is 1. The first-order chi connectivity index (χ1) is 28.9. The molecule has 0 fully saturated rings. The number of amides is 4. The van der Waals surface area contributed by atoms with Crippen molar-refractivity contribution in [2.45, 2.75) is 31.1 Å². The Hall–Kier alpha value is -7.66. The van der Waals surface area contributed by atoms with E-state index in [1.807, 2.05) is 60.8 Å². The van der Waals surface area contributed by atoms with Gasteiger partial charge in [0.05, 0.1) is 30.0 Å². The van der Waals surface area contributed by atoms with Crippen LogP contribution in [0.2, 0.25) is 0 Å². The van der Waals surface area contributed by atoms with Gasteiger partial charge in [-0.15, -0.1) is 0 Å². The van der Waals surface area contributed by atoms with Gasteiger partial charge in [-0.05, 0) is 65.1 Å². The van der Waals surface area contributed by atoms with E-state index in [1.165, 1.54) is 6.07 Å². The van der Waals surface area contributed by atoms with E-state index in [4.69, 9.17) is 9.98 Å². The standard InChI is InChI=1S/C48H38FN7O3/c49-40-22-12-10-20-38(40)44-39-21-11-13-23-42(39)56(46(58)45(53-44)54-47(59)51-36-25-26-41-32(28-36)24-27-43(57)52-41)30-37-29-55(31-50-37)48(33-14-4-1-5-15-33,34-16-6-2-7-17-34)35-18-8-3-9-19-35/h1-23,25-26,28-29,31,45H,24,27,30H2,(H,52,57)(H2,51,54,59)/t45-/m0/s1. The van der Waals surface area contributed by atoms with E-state index in [0.29, 0.717) is 41.2 Å². The molecule has 3 N–H and O–H groups in total. The van der Waals surface area contributed by atoms with Crippen LogP contribution in [-0.2, 0) is 28.1 Å². The highest BCUT2D eigenvalue weighted by molar-refractivity contribution is 6.20. The molecule has 4 amide bonds. The maximum atomic E-state index is 15.6. The molecule has 0 saturated heterocycles. The minimum absolute atomic E-state index is 0.00765. The van der Waals surface area contributed by atoms with Gasteiger partial charge in [0.2, 0.25) is 12.1 Å². The van der Waals surface area contributed by atoms with Gasteiger partial charge in [0.25, 0.3) is 5.91 Å². The summed E-state index contributed by atoms with van der Waals surface area (Å²) < 4.78 is 17.7. The van der Waals surface area contributed by atoms with Crippen molar-refractivity contribution in [3.63, 3.8) is 0 Å². The first-order valence-corrected chi connectivity index (χ1v) is 19.3.